The molecule has 0 aromatic heterocycles. The summed E-state index contributed by atoms with van der Waals surface area (Å²) in [5.41, 5.74) is 0.607. The highest BCUT2D eigenvalue weighted by molar-refractivity contribution is 9.10. The minimum absolute atomic E-state index is 0.125. The van der Waals surface area contributed by atoms with E-state index in [0.717, 1.165) is 12.8 Å². The lowest BCUT2D eigenvalue weighted by Gasteiger charge is -2.24. The smallest absolute Gasteiger partial charge is 0.163 e. The fraction of sp³-hybridized carbons (Fsp3) is 0.417. The molecule has 15 heavy (non-hydrogen) atoms. The molecule has 3 heteroatoms. The van der Waals surface area contributed by atoms with Crippen molar-refractivity contribution in [1.29, 1.82) is 0 Å². The Morgan fingerprint density at radius 2 is 2.20 bits per heavy atom. The Labute approximate surface area is 96.8 Å². The molecule has 1 aliphatic rings. The topological polar surface area (TPSA) is 17.1 Å². The number of benzene rings is 1. The van der Waals surface area contributed by atoms with E-state index in [4.69, 9.17) is 0 Å². The SMILES string of the molecule is O=C(CC1CCC1)c1ccc(F)c(Br)c1. The third kappa shape index (κ3) is 2.46. The minimum atomic E-state index is -0.324. The van der Waals surface area contributed by atoms with Crippen molar-refractivity contribution in [2.75, 3.05) is 0 Å². The van der Waals surface area contributed by atoms with Crippen LogP contribution in [0.4, 0.5) is 4.39 Å². The molecule has 0 spiro atoms. The molecule has 2 rings (SSSR count). The van der Waals surface area contributed by atoms with Gasteiger partial charge in [-0.05, 0) is 40.0 Å². The molecule has 1 aromatic carbocycles. The van der Waals surface area contributed by atoms with Gasteiger partial charge >= 0.3 is 0 Å². The molecule has 80 valence electrons. The first-order chi connectivity index (χ1) is 7.16. The van der Waals surface area contributed by atoms with E-state index in [9.17, 15) is 9.18 Å². The van der Waals surface area contributed by atoms with Gasteiger partial charge in [-0.15, -0.1) is 0 Å². The van der Waals surface area contributed by atoms with Crippen LogP contribution in [0.5, 0.6) is 0 Å². The lowest BCUT2D eigenvalue weighted by Crippen LogP contribution is -2.15. The molecule has 1 aromatic rings. The second kappa shape index (κ2) is 4.44. The Morgan fingerprint density at radius 3 is 2.73 bits per heavy atom. The van der Waals surface area contributed by atoms with Gasteiger partial charge in [-0.25, -0.2) is 4.39 Å². The molecule has 1 nitrogen and oxygen atoms in total. The van der Waals surface area contributed by atoms with Gasteiger partial charge < -0.3 is 0 Å². The van der Waals surface area contributed by atoms with Crippen LogP contribution in [0.15, 0.2) is 22.7 Å². The van der Waals surface area contributed by atoms with Crippen molar-refractivity contribution in [3.05, 3.63) is 34.1 Å². The van der Waals surface area contributed by atoms with E-state index < -0.39 is 0 Å². The highest BCUT2D eigenvalue weighted by Gasteiger charge is 2.21. The monoisotopic (exact) mass is 270 g/mol. The molecule has 1 aliphatic carbocycles. The Kier molecular flexibility index (Phi) is 3.19. The number of halogens is 2. The zero-order valence-electron chi connectivity index (χ0n) is 8.30. The van der Waals surface area contributed by atoms with Gasteiger partial charge in [-0.1, -0.05) is 19.3 Å². The first kappa shape index (κ1) is 10.8. The summed E-state index contributed by atoms with van der Waals surface area (Å²) in [4.78, 5) is 11.8. The predicted molar refractivity (Wildman–Crippen MR) is 60.4 cm³/mol. The van der Waals surface area contributed by atoms with Crippen LogP contribution < -0.4 is 0 Å². The minimum Gasteiger partial charge on any atom is -0.294 e. The second-order valence-corrected chi connectivity index (χ2v) is 4.91. The zero-order chi connectivity index (χ0) is 10.8. The maximum absolute atomic E-state index is 12.9. The summed E-state index contributed by atoms with van der Waals surface area (Å²) in [7, 11) is 0. The number of rotatable bonds is 3. The lowest BCUT2D eigenvalue weighted by molar-refractivity contribution is 0.0936. The van der Waals surface area contributed by atoms with E-state index in [0.29, 0.717) is 22.4 Å². The Balaban J connectivity index is 2.07. The maximum atomic E-state index is 12.9. The highest BCUT2D eigenvalue weighted by Crippen LogP contribution is 2.30. The van der Waals surface area contributed by atoms with Crippen LogP contribution in [0.25, 0.3) is 0 Å². The van der Waals surface area contributed by atoms with Crippen molar-refractivity contribution in [1.82, 2.24) is 0 Å². The van der Waals surface area contributed by atoms with Crippen LogP contribution in [0.1, 0.15) is 36.0 Å². The summed E-state index contributed by atoms with van der Waals surface area (Å²) in [6, 6.07) is 4.45. The number of ketones is 1. The van der Waals surface area contributed by atoms with Crippen LogP contribution in [0, 0.1) is 11.7 Å². The number of hydrogen-bond acceptors (Lipinski definition) is 1. The molecule has 1 saturated carbocycles. The van der Waals surface area contributed by atoms with Gasteiger partial charge in [0.15, 0.2) is 5.78 Å². The molecular weight excluding hydrogens is 259 g/mol. The number of carbonyl (C=O) groups is 1. The zero-order valence-corrected chi connectivity index (χ0v) is 9.89. The van der Waals surface area contributed by atoms with Gasteiger partial charge in [0.05, 0.1) is 4.47 Å². The van der Waals surface area contributed by atoms with Crippen molar-refractivity contribution in [3.63, 3.8) is 0 Å². The third-order valence-electron chi connectivity index (χ3n) is 2.94. The fourth-order valence-corrected chi connectivity index (χ4v) is 2.13. The first-order valence-corrected chi connectivity index (χ1v) is 5.94. The largest absolute Gasteiger partial charge is 0.294 e. The summed E-state index contributed by atoms with van der Waals surface area (Å²) < 4.78 is 13.3. The molecule has 0 aliphatic heterocycles. The Morgan fingerprint density at radius 1 is 1.47 bits per heavy atom. The standard InChI is InChI=1S/C12H12BrFO/c13-10-7-9(4-5-11(10)14)12(15)6-8-2-1-3-8/h4-5,7-8H,1-3,6H2. The average Bonchev–Trinajstić information content (AvgIpc) is 2.15. The molecule has 0 unspecified atom stereocenters. The van der Waals surface area contributed by atoms with Gasteiger partial charge in [0.1, 0.15) is 5.82 Å². The van der Waals surface area contributed by atoms with E-state index >= 15 is 0 Å². The van der Waals surface area contributed by atoms with Crippen LogP contribution in [-0.4, -0.2) is 5.78 Å². The lowest BCUT2D eigenvalue weighted by atomic mass is 9.81. The van der Waals surface area contributed by atoms with E-state index in [-0.39, 0.29) is 11.6 Å². The van der Waals surface area contributed by atoms with Crippen molar-refractivity contribution >= 4 is 21.7 Å². The molecule has 0 atom stereocenters. The molecule has 0 radical (unpaired) electrons. The molecule has 0 amide bonds. The molecule has 0 heterocycles. The normalized spacial score (nSPS) is 16.1. The Bertz CT molecular complexity index is 385. The van der Waals surface area contributed by atoms with Gasteiger partial charge in [0.2, 0.25) is 0 Å². The molecule has 0 N–H and O–H groups in total. The van der Waals surface area contributed by atoms with E-state index in [1.54, 1.807) is 12.1 Å². The van der Waals surface area contributed by atoms with Crippen LogP contribution in [-0.2, 0) is 0 Å². The molecule has 0 bridgehead atoms. The maximum Gasteiger partial charge on any atom is 0.163 e. The van der Waals surface area contributed by atoms with Crippen molar-refractivity contribution < 1.29 is 9.18 Å². The average molecular weight is 271 g/mol. The van der Waals surface area contributed by atoms with Crippen LogP contribution in [0.3, 0.4) is 0 Å². The third-order valence-corrected chi connectivity index (χ3v) is 3.55. The van der Waals surface area contributed by atoms with Crippen molar-refractivity contribution in [2.45, 2.75) is 25.7 Å². The first-order valence-electron chi connectivity index (χ1n) is 5.15. The number of Topliss-reactive ketones (excluding diaryl/α,β-unsaturated/α-hetero) is 1. The van der Waals surface area contributed by atoms with Crippen molar-refractivity contribution in [2.24, 2.45) is 5.92 Å². The van der Waals surface area contributed by atoms with Gasteiger partial charge in [0, 0.05) is 12.0 Å². The number of carbonyl (C=O) groups excluding carboxylic acids is 1. The van der Waals surface area contributed by atoms with Crippen LogP contribution >= 0.6 is 15.9 Å². The van der Waals surface area contributed by atoms with Gasteiger partial charge in [-0.2, -0.15) is 0 Å². The summed E-state index contributed by atoms with van der Waals surface area (Å²) in [5, 5.41) is 0. The molecular formula is C12H12BrFO. The molecule has 1 fully saturated rings. The van der Waals surface area contributed by atoms with Crippen LogP contribution in [0.2, 0.25) is 0 Å². The van der Waals surface area contributed by atoms with Gasteiger partial charge in [-0.3, -0.25) is 4.79 Å². The summed E-state index contributed by atoms with van der Waals surface area (Å²) in [6.45, 7) is 0. The highest BCUT2D eigenvalue weighted by atomic mass is 79.9. The summed E-state index contributed by atoms with van der Waals surface area (Å²) in [6.07, 6.45) is 4.17. The quantitative estimate of drug-likeness (QED) is 0.760. The van der Waals surface area contributed by atoms with E-state index in [1.165, 1.54) is 12.5 Å². The van der Waals surface area contributed by atoms with Crippen molar-refractivity contribution in [3.8, 4) is 0 Å². The predicted octanol–water partition coefficient (Wildman–Crippen LogP) is 3.96. The summed E-state index contributed by atoms with van der Waals surface area (Å²) >= 11 is 3.08. The van der Waals surface area contributed by atoms with E-state index in [1.807, 2.05) is 0 Å². The Hall–Kier alpha value is -0.700. The fourth-order valence-electron chi connectivity index (χ4n) is 1.75. The van der Waals surface area contributed by atoms with Gasteiger partial charge in [0.25, 0.3) is 0 Å². The van der Waals surface area contributed by atoms with E-state index in [2.05, 4.69) is 15.9 Å². The molecule has 0 saturated heterocycles. The second-order valence-electron chi connectivity index (χ2n) is 4.05. The number of hydrogen-bond donors (Lipinski definition) is 0. The summed E-state index contributed by atoms with van der Waals surface area (Å²) in [5.74, 6) is 0.358.